The summed E-state index contributed by atoms with van der Waals surface area (Å²) in [5.74, 6) is -0.428. The molecule has 0 aliphatic heterocycles. The van der Waals surface area contributed by atoms with Gasteiger partial charge in [-0.2, -0.15) is 0 Å². The first-order chi connectivity index (χ1) is 10.9. The van der Waals surface area contributed by atoms with E-state index >= 15 is 0 Å². The summed E-state index contributed by atoms with van der Waals surface area (Å²) in [6.45, 7) is 3.38. The zero-order valence-electron chi connectivity index (χ0n) is 13.7. The van der Waals surface area contributed by atoms with Crippen LogP contribution >= 0.6 is 11.6 Å². The molecule has 2 aromatic rings. The average Bonchev–Trinajstić information content (AvgIpc) is 2.48. The molecular weight excluding hydrogens is 310 g/mol. The number of hydrogen-bond donors (Lipinski definition) is 2. The van der Waals surface area contributed by atoms with Gasteiger partial charge in [0.1, 0.15) is 0 Å². The van der Waals surface area contributed by atoms with Crippen molar-refractivity contribution in [1.82, 2.24) is 4.90 Å². The molecule has 0 aliphatic rings. The van der Waals surface area contributed by atoms with Crippen molar-refractivity contribution in [3.05, 3.63) is 63.7 Å². The number of nitrogens with two attached hydrogens (primary N) is 1. The number of anilines is 1. The van der Waals surface area contributed by atoms with Crippen LogP contribution < -0.4 is 11.1 Å². The number of nitrogens with zero attached hydrogens (tertiary/aromatic N) is 1. The first-order valence-corrected chi connectivity index (χ1v) is 7.81. The van der Waals surface area contributed by atoms with Crippen LogP contribution in [0, 0.1) is 6.92 Å². The maximum absolute atomic E-state index is 11.4. The van der Waals surface area contributed by atoms with Crippen LogP contribution in [0.4, 0.5) is 5.69 Å². The first kappa shape index (κ1) is 17.3. The smallest absolute Gasteiger partial charge is 0.248 e. The molecule has 0 aromatic heterocycles. The van der Waals surface area contributed by atoms with E-state index in [0.29, 0.717) is 12.1 Å². The molecule has 1 amide bonds. The summed E-state index contributed by atoms with van der Waals surface area (Å²) in [6.07, 6.45) is 0. The number of amides is 1. The summed E-state index contributed by atoms with van der Waals surface area (Å²) in [4.78, 5) is 13.5. The summed E-state index contributed by atoms with van der Waals surface area (Å²) < 4.78 is 0. The first-order valence-electron chi connectivity index (χ1n) is 7.43. The minimum absolute atomic E-state index is 0.428. The molecule has 0 radical (unpaired) electrons. The Balaban J connectivity index is 2.23. The van der Waals surface area contributed by atoms with Crippen molar-refractivity contribution in [1.29, 1.82) is 0 Å². The van der Waals surface area contributed by atoms with Crippen molar-refractivity contribution in [2.24, 2.45) is 5.73 Å². The van der Waals surface area contributed by atoms with E-state index in [1.165, 1.54) is 0 Å². The molecule has 0 saturated carbocycles. The van der Waals surface area contributed by atoms with Crippen LogP contribution in [0.3, 0.4) is 0 Å². The molecule has 0 spiro atoms. The van der Waals surface area contributed by atoms with E-state index in [2.05, 4.69) is 10.2 Å². The number of primary amides is 1. The Hall–Kier alpha value is -2.04. The van der Waals surface area contributed by atoms with Crippen LogP contribution in [0.2, 0.25) is 5.02 Å². The third-order valence-corrected chi connectivity index (χ3v) is 4.01. The highest BCUT2D eigenvalue weighted by Gasteiger charge is 2.08. The monoisotopic (exact) mass is 331 g/mol. The van der Waals surface area contributed by atoms with E-state index in [-0.39, 0.29) is 0 Å². The molecular formula is C18H22ClN3O. The third-order valence-electron chi connectivity index (χ3n) is 3.60. The lowest BCUT2D eigenvalue weighted by atomic mass is 10.1. The SMILES string of the molecule is Cc1ccc(CNc2cc(C(N)=O)ccc2CN(C)C)cc1Cl. The Labute approximate surface area is 142 Å². The van der Waals surface area contributed by atoms with Gasteiger partial charge >= 0.3 is 0 Å². The lowest BCUT2D eigenvalue weighted by Gasteiger charge is -2.17. The lowest BCUT2D eigenvalue weighted by molar-refractivity contribution is 0.100. The number of halogens is 1. The second kappa shape index (κ2) is 7.49. The lowest BCUT2D eigenvalue weighted by Crippen LogP contribution is -2.15. The standard InChI is InChI=1S/C18H22ClN3O/c1-12-4-5-13(8-16(12)19)10-21-17-9-14(18(20)23)6-7-15(17)11-22(2)3/h4-9,21H,10-11H2,1-3H3,(H2,20,23). The van der Waals surface area contributed by atoms with Gasteiger partial charge in [-0.1, -0.05) is 29.8 Å². The highest BCUT2D eigenvalue weighted by atomic mass is 35.5. The molecule has 4 nitrogen and oxygen atoms in total. The Bertz CT molecular complexity index is 713. The molecule has 0 fully saturated rings. The summed E-state index contributed by atoms with van der Waals surface area (Å²) in [7, 11) is 4.01. The van der Waals surface area contributed by atoms with Gasteiger partial charge in [0, 0.05) is 29.4 Å². The van der Waals surface area contributed by atoms with Crippen LogP contribution in [-0.2, 0) is 13.1 Å². The van der Waals surface area contributed by atoms with Crippen LogP contribution in [0.25, 0.3) is 0 Å². The van der Waals surface area contributed by atoms with Gasteiger partial charge in [-0.05, 0) is 55.9 Å². The van der Waals surface area contributed by atoms with Gasteiger partial charge in [-0.15, -0.1) is 0 Å². The van der Waals surface area contributed by atoms with E-state index in [1.54, 1.807) is 12.1 Å². The fraction of sp³-hybridized carbons (Fsp3) is 0.278. The van der Waals surface area contributed by atoms with E-state index in [9.17, 15) is 4.79 Å². The molecule has 0 atom stereocenters. The normalized spacial score (nSPS) is 10.8. The molecule has 0 saturated heterocycles. The molecule has 2 aromatic carbocycles. The van der Waals surface area contributed by atoms with Crippen LogP contribution in [0.1, 0.15) is 27.0 Å². The highest BCUT2D eigenvalue weighted by molar-refractivity contribution is 6.31. The molecule has 0 heterocycles. The summed E-state index contributed by atoms with van der Waals surface area (Å²) >= 11 is 6.17. The number of nitrogens with one attached hydrogen (secondary N) is 1. The quantitative estimate of drug-likeness (QED) is 0.852. The van der Waals surface area contributed by atoms with E-state index < -0.39 is 5.91 Å². The van der Waals surface area contributed by atoms with Gasteiger partial charge < -0.3 is 16.0 Å². The van der Waals surface area contributed by atoms with E-state index in [0.717, 1.165) is 33.9 Å². The second-order valence-corrected chi connectivity index (χ2v) is 6.32. The van der Waals surface area contributed by atoms with Gasteiger partial charge in [0.15, 0.2) is 0 Å². The number of aryl methyl sites for hydroxylation is 1. The zero-order valence-corrected chi connectivity index (χ0v) is 14.4. The number of carbonyl (C=O) groups is 1. The maximum Gasteiger partial charge on any atom is 0.248 e. The Kier molecular flexibility index (Phi) is 5.64. The van der Waals surface area contributed by atoms with Crippen LogP contribution in [-0.4, -0.2) is 24.9 Å². The molecule has 3 N–H and O–H groups in total. The summed E-state index contributed by atoms with van der Waals surface area (Å²) in [5, 5.41) is 4.14. The fourth-order valence-electron chi connectivity index (χ4n) is 2.32. The van der Waals surface area contributed by atoms with Gasteiger partial charge in [0.25, 0.3) is 0 Å². The average molecular weight is 332 g/mol. The number of rotatable bonds is 6. The van der Waals surface area contributed by atoms with Gasteiger partial charge in [0.2, 0.25) is 5.91 Å². The van der Waals surface area contributed by atoms with Gasteiger partial charge in [0.05, 0.1) is 0 Å². The molecule has 23 heavy (non-hydrogen) atoms. The Morgan fingerprint density at radius 2 is 1.96 bits per heavy atom. The van der Waals surface area contributed by atoms with Crippen molar-refractivity contribution >= 4 is 23.2 Å². The predicted molar refractivity (Wildman–Crippen MR) is 95.9 cm³/mol. The molecule has 0 aliphatic carbocycles. The maximum atomic E-state index is 11.4. The van der Waals surface area contributed by atoms with Crippen molar-refractivity contribution < 1.29 is 4.79 Å². The Morgan fingerprint density at radius 3 is 2.57 bits per heavy atom. The van der Waals surface area contributed by atoms with Gasteiger partial charge in [-0.25, -0.2) is 0 Å². The summed E-state index contributed by atoms with van der Waals surface area (Å²) in [5.41, 5.74) is 10.0. The minimum atomic E-state index is -0.428. The number of hydrogen-bond acceptors (Lipinski definition) is 3. The van der Waals surface area contributed by atoms with E-state index in [4.69, 9.17) is 17.3 Å². The predicted octanol–water partition coefficient (Wildman–Crippen LogP) is 3.42. The fourth-order valence-corrected chi connectivity index (χ4v) is 2.52. The molecule has 5 heteroatoms. The molecule has 0 bridgehead atoms. The van der Waals surface area contributed by atoms with Crippen LogP contribution in [0.15, 0.2) is 36.4 Å². The van der Waals surface area contributed by atoms with E-state index in [1.807, 2.05) is 45.3 Å². The summed E-state index contributed by atoms with van der Waals surface area (Å²) in [6, 6.07) is 11.5. The van der Waals surface area contributed by atoms with Gasteiger partial charge in [-0.3, -0.25) is 4.79 Å². The molecule has 0 unspecified atom stereocenters. The largest absolute Gasteiger partial charge is 0.381 e. The van der Waals surface area contributed by atoms with Crippen LogP contribution in [0.5, 0.6) is 0 Å². The van der Waals surface area contributed by atoms with Crippen molar-refractivity contribution in [2.45, 2.75) is 20.0 Å². The zero-order chi connectivity index (χ0) is 17.0. The number of carbonyl (C=O) groups excluding carboxylic acids is 1. The highest BCUT2D eigenvalue weighted by Crippen LogP contribution is 2.22. The van der Waals surface area contributed by atoms with Crippen molar-refractivity contribution in [3.63, 3.8) is 0 Å². The molecule has 122 valence electrons. The minimum Gasteiger partial charge on any atom is -0.381 e. The Morgan fingerprint density at radius 1 is 1.22 bits per heavy atom. The molecule has 2 rings (SSSR count). The second-order valence-electron chi connectivity index (χ2n) is 5.91. The van der Waals surface area contributed by atoms with Crippen molar-refractivity contribution in [2.75, 3.05) is 19.4 Å². The third kappa shape index (κ3) is 4.71. The topological polar surface area (TPSA) is 58.4 Å². The van der Waals surface area contributed by atoms with Crippen molar-refractivity contribution in [3.8, 4) is 0 Å². The number of benzene rings is 2.